The molecule has 0 aromatic rings. The van der Waals surface area contributed by atoms with Crippen LogP contribution < -0.4 is 0 Å². The molecule has 3 aliphatic rings. The van der Waals surface area contributed by atoms with E-state index in [4.69, 9.17) is 4.74 Å². The van der Waals surface area contributed by atoms with Crippen LogP contribution in [0.4, 0.5) is 0 Å². The number of carbonyl (C=O) groups excluding carboxylic acids is 1. The van der Waals surface area contributed by atoms with Gasteiger partial charge >= 0.3 is 5.97 Å². The first kappa shape index (κ1) is 9.04. The quantitative estimate of drug-likeness (QED) is 0.613. The Bertz CT molecular complexity index is 240. The molecule has 0 spiro atoms. The third-order valence-corrected chi connectivity index (χ3v) is 4.71. The topological polar surface area (TPSA) is 26.3 Å². The molecule has 13 heavy (non-hydrogen) atoms. The van der Waals surface area contributed by atoms with Crippen LogP contribution in [-0.2, 0) is 9.53 Å². The van der Waals surface area contributed by atoms with Crippen LogP contribution in [0.2, 0.25) is 0 Å². The molecule has 2 nitrogen and oxygen atoms in total. The third kappa shape index (κ3) is 0.976. The number of fused-ring (bicyclic) bond motifs is 1. The Morgan fingerprint density at radius 2 is 2.23 bits per heavy atom. The van der Waals surface area contributed by atoms with E-state index in [1.807, 2.05) is 0 Å². The van der Waals surface area contributed by atoms with Crippen LogP contribution in [0.3, 0.4) is 0 Å². The summed E-state index contributed by atoms with van der Waals surface area (Å²) in [5.74, 6) is 0.825. The first-order valence-electron chi connectivity index (χ1n) is 5.09. The molecule has 3 rings (SSSR count). The van der Waals surface area contributed by atoms with Crippen molar-refractivity contribution < 1.29 is 9.53 Å². The number of hydrogen-bond donors (Lipinski definition) is 0. The van der Waals surface area contributed by atoms with Crippen LogP contribution in [0, 0.1) is 16.7 Å². The summed E-state index contributed by atoms with van der Waals surface area (Å²) in [6, 6.07) is 0. The molecular formula is C11H18O2. The second kappa shape index (κ2) is 2.49. The van der Waals surface area contributed by atoms with Gasteiger partial charge in [-0.3, -0.25) is 4.79 Å². The molecule has 3 aliphatic carbocycles. The third-order valence-electron chi connectivity index (χ3n) is 4.71. The highest BCUT2D eigenvalue weighted by atomic mass is 16.5. The van der Waals surface area contributed by atoms with Gasteiger partial charge in [-0.05, 0) is 36.0 Å². The highest BCUT2D eigenvalue weighted by Crippen LogP contribution is 2.72. The van der Waals surface area contributed by atoms with Crippen molar-refractivity contribution in [2.24, 2.45) is 16.7 Å². The zero-order valence-electron chi connectivity index (χ0n) is 8.72. The van der Waals surface area contributed by atoms with Crippen molar-refractivity contribution in [1.82, 2.24) is 0 Å². The average molecular weight is 182 g/mol. The van der Waals surface area contributed by atoms with E-state index in [2.05, 4.69) is 13.8 Å². The lowest BCUT2D eigenvalue weighted by Crippen LogP contribution is -2.49. The van der Waals surface area contributed by atoms with E-state index in [0.717, 1.165) is 5.92 Å². The average Bonchev–Trinajstić information content (AvgIpc) is 2.60. The Labute approximate surface area is 79.7 Å². The molecule has 0 radical (unpaired) electrons. The lowest BCUT2D eigenvalue weighted by molar-refractivity contribution is -0.151. The van der Waals surface area contributed by atoms with Crippen LogP contribution in [0.5, 0.6) is 0 Å². The van der Waals surface area contributed by atoms with Gasteiger partial charge < -0.3 is 4.74 Å². The summed E-state index contributed by atoms with van der Waals surface area (Å²) in [5.41, 5.74) is 0.659. The molecule has 2 atom stereocenters. The SMILES string of the molecule is COC(=O)CC12CCC(C1)C2(C)C. The van der Waals surface area contributed by atoms with E-state index in [0.29, 0.717) is 11.8 Å². The minimum Gasteiger partial charge on any atom is -0.469 e. The van der Waals surface area contributed by atoms with Gasteiger partial charge in [0.15, 0.2) is 0 Å². The molecular weight excluding hydrogens is 164 g/mol. The van der Waals surface area contributed by atoms with Crippen LogP contribution in [-0.4, -0.2) is 13.1 Å². The molecule has 2 heteroatoms. The molecule has 0 aromatic heterocycles. The molecule has 0 aliphatic heterocycles. The monoisotopic (exact) mass is 182 g/mol. The molecule has 3 fully saturated rings. The van der Waals surface area contributed by atoms with Crippen LogP contribution in [0.25, 0.3) is 0 Å². The largest absolute Gasteiger partial charge is 0.469 e. The summed E-state index contributed by atoms with van der Waals surface area (Å²) in [6.45, 7) is 4.61. The fourth-order valence-corrected chi connectivity index (χ4v) is 3.37. The molecule has 3 saturated carbocycles. The van der Waals surface area contributed by atoms with Gasteiger partial charge in [-0.1, -0.05) is 13.8 Å². The number of methoxy groups -OCH3 is 1. The summed E-state index contributed by atoms with van der Waals surface area (Å²) >= 11 is 0. The Morgan fingerprint density at radius 3 is 2.62 bits per heavy atom. The summed E-state index contributed by atoms with van der Waals surface area (Å²) in [4.78, 5) is 11.3. The molecule has 2 unspecified atom stereocenters. The Kier molecular flexibility index (Phi) is 1.73. The minimum atomic E-state index is -0.0339. The van der Waals surface area contributed by atoms with Crippen molar-refractivity contribution in [2.45, 2.75) is 39.5 Å². The Balaban J connectivity index is 2.10. The van der Waals surface area contributed by atoms with E-state index < -0.39 is 0 Å². The summed E-state index contributed by atoms with van der Waals surface area (Å²) in [6.07, 6.45) is 4.41. The van der Waals surface area contributed by atoms with Crippen molar-refractivity contribution in [3.8, 4) is 0 Å². The molecule has 0 N–H and O–H groups in total. The van der Waals surface area contributed by atoms with Gasteiger partial charge in [0.2, 0.25) is 0 Å². The van der Waals surface area contributed by atoms with Crippen LogP contribution in [0.15, 0.2) is 0 Å². The van der Waals surface area contributed by atoms with Gasteiger partial charge in [-0.25, -0.2) is 0 Å². The highest BCUT2D eigenvalue weighted by Gasteiger charge is 2.64. The van der Waals surface area contributed by atoms with Crippen molar-refractivity contribution in [2.75, 3.05) is 7.11 Å². The number of ether oxygens (including phenoxy) is 1. The van der Waals surface area contributed by atoms with Crippen molar-refractivity contribution in [3.63, 3.8) is 0 Å². The van der Waals surface area contributed by atoms with Gasteiger partial charge in [0.05, 0.1) is 13.5 Å². The van der Waals surface area contributed by atoms with E-state index in [-0.39, 0.29) is 11.4 Å². The molecule has 0 amide bonds. The smallest absolute Gasteiger partial charge is 0.306 e. The first-order chi connectivity index (χ1) is 6.02. The van der Waals surface area contributed by atoms with E-state index >= 15 is 0 Å². The zero-order chi connectivity index (χ0) is 9.69. The lowest BCUT2D eigenvalue weighted by atomic mass is 9.50. The predicted molar refractivity (Wildman–Crippen MR) is 50.2 cm³/mol. The second-order valence-corrected chi connectivity index (χ2v) is 5.19. The predicted octanol–water partition coefficient (Wildman–Crippen LogP) is 2.38. The lowest BCUT2D eigenvalue weighted by Gasteiger charge is -2.54. The van der Waals surface area contributed by atoms with Crippen LogP contribution in [0.1, 0.15) is 39.5 Å². The Hall–Kier alpha value is -0.530. The van der Waals surface area contributed by atoms with E-state index in [1.165, 1.54) is 26.4 Å². The van der Waals surface area contributed by atoms with Crippen LogP contribution >= 0.6 is 0 Å². The molecule has 0 saturated heterocycles. The van der Waals surface area contributed by atoms with Crippen molar-refractivity contribution in [3.05, 3.63) is 0 Å². The molecule has 0 aromatic carbocycles. The number of esters is 1. The maximum Gasteiger partial charge on any atom is 0.306 e. The molecule has 0 heterocycles. The second-order valence-electron chi connectivity index (χ2n) is 5.19. The fraction of sp³-hybridized carbons (Fsp3) is 0.909. The maximum absolute atomic E-state index is 11.3. The zero-order valence-corrected chi connectivity index (χ0v) is 8.72. The normalized spacial score (nSPS) is 39.8. The highest BCUT2D eigenvalue weighted by molar-refractivity contribution is 5.70. The van der Waals surface area contributed by atoms with Crippen molar-refractivity contribution in [1.29, 1.82) is 0 Å². The summed E-state index contributed by atoms with van der Waals surface area (Å²) in [7, 11) is 1.48. The summed E-state index contributed by atoms with van der Waals surface area (Å²) < 4.78 is 4.76. The fourth-order valence-electron chi connectivity index (χ4n) is 3.37. The minimum absolute atomic E-state index is 0.0339. The van der Waals surface area contributed by atoms with Gasteiger partial charge in [-0.2, -0.15) is 0 Å². The van der Waals surface area contributed by atoms with E-state index in [9.17, 15) is 4.79 Å². The van der Waals surface area contributed by atoms with Gasteiger partial charge in [0, 0.05) is 0 Å². The Morgan fingerprint density at radius 1 is 1.54 bits per heavy atom. The van der Waals surface area contributed by atoms with Gasteiger partial charge in [-0.15, -0.1) is 0 Å². The van der Waals surface area contributed by atoms with E-state index in [1.54, 1.807) is 0 Å². The number of carbonyl (C=O) groups is 1. The van der Waals surface area contributed by atoms with Crippen molar-refractivity contribution >= 4 is 5.97 Å². The van der Waals surface area contributed by atoms with Gasteiger partial charge in [0.25, 0.3) is 0 Å². The number of rotatable bonds is 2. The maximum atomic E-state index is 11.3. The standard InChI is InChI=1S/C11H18O2/c1-10(2)8-4-5-11(10,6-8)7-9(12)13-3/h8H,4-7H2,1-3H3. The number of hydrogen-bond acceptors (Lipinski definition) is 2. The summed E-state index contributed by atoms with van der Waals surface area (Å²) in [5, 5.41) is 0. The van der Waals surface area contributed by atoms with Gasteiger partial charge in [0.1, 0.15) is 0 Å². The molecule has 74 valence electrons. The first-order valence-corrected chi connectivity index (χ1v) is 5.09. The molecule has 2 bridgehead atoms.